The predicted octanol–water partition coefficient (Wildman–Crippen LogP) is -0.0218. The molecule has 0 saturated heterocycles. The zero-order valence-corrected chi connectivity index (χ0v) is 2.76. The Labute approximate surface area is 32.3 Å². The second kappa shape index (κ2) is 1.20. The molecule has 0 saturated carbocycles. The molecule has 0 aliphatic carbocycles. The number of rotatable bonds is 0. The summed E-state index contributed by atoms with van der Waals surface area (Å²) in [7, 11) is 1.89. The molecule has 0 N–H and O–H groups in total. The minimum absolute atomic E-state index is 1.75. The van der Waals surface area contributed by atoms with Gasteiger partial charge in [0.05, 0.1) is 0 Å². The summed E-state index contributed by atoms with van der Waals surface area (Å²) in [4.78, 5) is 3.72. The van der Waals surface area contributed by atoms with Gasteiger partial charge >= 0.3 is 31.2 Å². The molecule has 1 heterocycles. The molecule has 1 aliphatic rings. The Hall–Kier alpha value is -0.330. The van der Waals surface area contributed by atoms with Crippen LogP contribution in [0.4, 0.5) is 0 Å². The summed E-state index contributed by atoms with van der Waals surface area (Å²) in [5, 5.41) is 0. The van der Waals surface area contributed by atoms with Gasteiger partial charge < -0.3 is 0 Å². The van der Waals surface area contributed by atoms with Crippen molar-refractivity contribution in [3.63, 3.8) is 0 Å². The monoisotopic (exact) mass is 62.0 g/mol. The molecule has 0 unspecified atom stereocenters. The summed E-state index contributed by atoms with van der Waals surface area (Å²) in [6.45, 7) is 1.75. The second-order valence-electron chi connectivity index (χ2n) is 0.832. The third-order valence-corrected chi connectivity index (χ3v) is 0.455. The molecule has 5 heavy (non-hydrogen) atoms. The molecule has 0 spiro atoms. The molecule has 0 aromatic rings. The SMILES string of the molecule is [B]1B=NC=C1. The van der Waals surface area contributed by atoms with E-state index in [9.17, 15) is 0 Å². The minimum atomic E-state index is 1.75. The van der Waals surface area contributed by atoms with Gasteiger partial charge in [0, 0.05) is 0 Å². The molecule has 1 nitrogen and oxygen atoms in total. The van der Waals surface area contributed by atoms with Gasteiger partial charge in [0.25, 0.3) is 0 Å². The van der Waals surface area contributed by atoms with Gasteiger partial charge in [0.2, 0.25) is 0 Å². The van der Waals surface area contributed by atoms with Crippen LogP contribution in [0.1, 0.15) is 0 Å². The van der Waals surface area contributed by atoms with E-state index in [1.807, 2.05) is 13.1 Å². The summed E-state index contributed by atoms with van der Waals surface area (Å²) < 4.78 is 0. The zero-order chi connectivity index (χ0) is 3.54. The van der Waals surface area contributed by atoms with E-state index >= 15 is 0 Å². The first-order valence-electron chi connectivity index (χ1n) is 1.52. The topological polar surface area (TPSA) is 12.4 Å². The van der Waals surface area contributed by atoms with E-state index in [-0.39, 0.29) is 0 Å². The van der Waals surface area contributed by atoms with E-state index in [2.05, 4.69) is 4.90 Å². The first-order valence-corrected chi connectivity index (χ1v) is 1.52. The summed E-state index contributed by atoms with van der Waals surface area (Å²) in [6, 6.07) is 0. The number of hydrogen-bond acceptors (Lipinski definition) is 1. The van der Waals surface area contributed by atoms with Gasteiger partial charge in [-0.25, -0.2) is 0 Å². The van der Waals surface area contributed by atoms with Crippen LogP contribution in [-0.4, -0.2) is 14.1 Å². The Kier molecular flexibility index (Phi) is 0.692. The van der Waals surface area contributed by atoms with Crippen molar-refractivity contribution in [1.82, 2.24) is 0 Å². The van der Waals surface area contributed by atoms with Crippen molar-refractivity contribution in [2.45, 2.75) is 0 Å². The molecule has 0 atom stereocenters. The van der Waals surface area contributed by atoms with Gasteiger partial charge in [0.15, 0.2) is 0 Å². The Morgan fingerprint density at radius 2 is 2.60 bits per heavy atom. The van der Waals surface area contributed by atoms with E-state index in [1.54, 1.807) is 13.2 Å². The van der Waals surface area contributed by atoms with Crippen molar-refractivity contribution in [2.24, 2.45) is 4.90 Å². The Morgan fingerprint density at radius 1 is 1.60 bits per heavy atom. The molecular formula is C2H2B2N. The van der Waals surface area contributed by atoms with Gasteiger partial charge in [-0.15, -0.1) is 0 Å². The van der Waals surface area contributed by atoms with Crippen LogP contribution in [0, 0.1) is 0 Å². The normalized spacial score (nSPS) is 14.4. The van der Waals surface area contributed by atoms with Crippen molar-refractivity contribution in [3.8, 4) is 0 Å². The average Bonchev–Trinajstić information content (AvgIpc) is 1.76. The third-order valence-electron chi connectivity index (χ3n) is 0.455. The molecule has 0 aromatic heterocycles. The standard InChI is InChI=1S/C2H2B2N/c1-2-5-4-3-1/h1-2H. The van der Waals surface area contributed by atoms with Crippen molar-refractivity contribution >= 4 is 14.1 Å². The van der Waals surface area contributed by atoms with Gasteiger partial charge in [-0.3, -0.25) is 0 Å². The Balaban J connectivity index is 2.61. The third kappa shape index (κ3) is 0.469. The van der Waals surface area contributed by atoms with Crippen molar-refractivity contribution in [2.75, 3.05) is 0 Å². The van der Waals surface area contributed by atoms with Gasteiger partial charge in [0.1, 0.15) is 0 Å². The van der Waals surface area contributed by atoms with E-state index in [4.69, 9.17) is 0 Å². The maximum absolute atomic E-state index is 3.72. The fourth-order valence-electron chi connectivity index (χ4n) is 0.248. The maximum atomic E-state index is 3.72. The van der Waals surface area contributed by atoms with E-state index in [0.717, 1.165) is 0 Å². The summed E-state index contributed by atoms with van der Waals surface area (Å²) in [5.41, 5.74) is 0. The zero-order valence-electron chi connectivity index (χ0n) is 2.76. The summed E-state index contributed by atoms with van der Waals surface area (Å²) in [6.07, 6.45) is 1.75. The van der Waals surface area contributed by atoms with E-state index < -0.39 is 0 Å². The van der Waals surface area contributed by atoms with Crippen LogP contribution in [0.2, 0.25) is 0 Å². The van der Waals surface area contributed by atoms with Crippen molar-refractivity contribution in [1.29, 1.82) is 0 Å². The molecule has 21 valence electrons. The molecule has 0 aromatic carbocycles. The molecule has 1 rings (SSSR count). The quantitative estimate of drug-likeness (QED) is 0.349. The first kappa shape index (κ1) is 2.88. The van der Waals surface area contributed by atoms with E-state index in [0.29, 0.717) is 0 Å². The van der Waals surface area contributed by atoms with Crippen LogP contribution in [0.3, 0.4) is 0 Å². The van der Waals surface area contributed by atoms with Gasteiger partial charge in [-0.2, -0.15) is 0 Å². The van der Waals surface area contributed by atoms with Crippen LogP contribution < -0.4 is 0 Å². The molecule has 1 aliphatic heterocycles. The number of hydrogen-bond donors (Lipinski definition) is 0. The molecular weight excluding hydrogens is 59.7 g/mol. The Morgan fingerprint density at radius 3 is 2.80 bits per heavy atom. The molecule has 1 radical (unpaired) electrons. The van der Waals surface area contributed by atoms with Crippen LogP contribution >= 0.6 is 0 Å². The predicted molar refractivity (Wildman–Crippen MR) is 23.1 cm³/mol. The molecule has 0 amide bonds. The average molecular weight is 61.7 g/mol. The number of nitrogens with zero attached hydrogens (tertiary/aromatic N) is 1. The molecule has 0 bridgehead atoms. The van der Waals surface area contributed by atoms with Gasteiger partial charge in [-0.05, 0) is 0 Å². The van der Waals surface area contributed by atoms with Crippen molar-refractivity contribution in [3.05, 3.63) is 12.2 Å². The fraction of sp³-hybridized carbons (Fsp3) is 0. The van der Waals surface area contributed by atoms with Crippen molar-refractivity contribution < 1.29 is 0 Å². The van der Waals surface area contributed by atoms with Crippen LogP contribution in [-0.2, 0) is 0 Å². The van der Waals surface area contributed by atoms with Crippen LogP contribution in [0.25, 0.3) is 0 Å². The van der Waals surface area contributed by atoms with Gasteiger partial charge in [-0.1, -0.05) is 0 Å². The first-order chi connectivity index (χ1) is 2.50. The van der Waals surface area contributed by atoms with Crippen LogP contribution in [0.5, 0.6) is 0 Å². The summed E-state index contributed by atoms with van der Waals surface area (Å²) >= 11 is 0. The molecule has 0 fully saturated rings. The van der Waals surface area contributed by atoms with E-state index in [1.165, 1.54) is 0 Å². The van der Waals surface area contributed by atoms with Crippen LogP contribution in [0.15, 0.2) is 17.1 Å². The Bertz CT molecular complexity index is 65.7. The second-order valence-corrected chi connectivity index (χ2v) is 0.832. The fourth-order valence-corrected chi connectivity index (χ4v) is 0.248. The molecule has 3 heteroatoms. The summed E-state index contributed by atoms with van der Waals surface area (Å²) in [5.74, 6) is 1.89.